The maximum Gasteiger partial charge on any atom is 0.228 e. The first kappa shape index (κ1) is 21.7. The maximum atomic E-state index is 13.3. The second kappa shape index (κ2) is 8.17. The van der Waals surface area contributed by atoms with E-state index in [1.165, 1.54) is 23.8 Å². The van der Waals surface area contributed by atoms with Gasteiger partial charge in [0.1, 0.15) is 5.03 Å². The molecule has 2 aromatic rings. The molecular formula is C26H19ClO5. The van der Waals surface area contributed by atoms with Gasteiger partial charge in [-0.05, 0) is 38.3 Å². The van der Waals surface area contributed by atoms with Gasteiger partial charge in [0.25, 0.3) is 0 Å². The second-order valence-electron chi connectivity index (χ2n) is 7.97. The fourth-order valence-corrected chi connectivity index (χ4v) is 4.23. The summed E-state index contributed by atoms with van der Waals surface area (Å²) in [4.78, 5) is 52.0. The first-order chi connectivity index (χ1) is 15.2. The van der Waals surface area contributed by atoms with Crippen LogP contribution in [0.4, 0.5) is 0 Å². The van der Waals surface area contributed by atoms with Crippen LogP contribution in [-0.4, -0.2) is 28.2 Å². The molecule has 6 heteroatoms. The molecule has 0 fully saturated rings. The molecule has 2 aliphatic carbocycles. The molecule has 32 heavy (non-hydrogen) atoms. The molecule has 0 bridgehead atoms. The van der Waals surface area contributed by atoms with Crippen molar-refractivity contribution in [3.05, 3.63) is 104 Å². The number of aliphatic hydroxyl groups is 1. The zero-order valence-corrected chi connectivity index (χ0v) is 18.2. The van der Waals surface area contributed by atoms with E-state index in [-0.39, 0.29) is 22.3 Å². The lowest BCUT2D eigenvalue weighted by atomic mass is 9.78. The SMILES string of the molecule is CC(C)=CCCc1ccc2c(c1)C(=O)C(O)=C(C1=C(Cl)C(=O)c3ccccc3C1=O)C2=O. The molecule has 0 atom stereocenters. The van der Waals surface area contributed by atoms with E-state index in [0.717, 1.165) is 12.0 Å². The molecular weight excluding hydrogens is 428 g/mol. The van der Waals surface area contributed by atoms with Crippen molar-refractivity contribution >= 4 is 34.7 Å². The van der Waals surface area contributed by atoms with Gasteiger partial charge in [-0.2, -0.15) is 0 Å². The smallest absolute Gasteiger partial charge is 0.228 e. The predicted octanol–water partition coefficient (Wildman–Crippen LogP) is 5.35. The number of rotatable bonds is 4. The molecule has 0 spiro atoms. The van der Waals surface area contributed by atoms with Gasteiger partial charge < -0.3 is 5.11 Å². The Balaban J connectivity index is 1.79. The fraction of sp³-hybridized carbons (Fsp3) is 0.154. The van der Waals surface area contributed by atoms with Gasteiger partial charge in [0.15, 0.2) is 17.3 Å². The van der Waals surface area contributed by atoms with E-state index in [9.17, 15) is 24.3 Å². The number of aryl methyl sites for hydroxylation is 1. The van der Waals surface area contributed by atoms with Crippen LogP contribution in [0.25, 0.3) is 0 Å². The van der Waals surface area contributed by atoms with Gasteiger partial charge in [0.05, 0.1) is 11.1 Å². The zero-order valence-electron chi connectivity index (χ0n) is 17.5. The van der Waals surface area contributed by atoms with Gasteiger partial charge >= 0.3 is 0 Å². The van der Waals surface area contributed by atoms with E-state index in [4.69, 9.17) is 11.6 Å². The lowest BCUT2D eigenvalue weighted by molar-refractivity contribution is 0.0921. The Morgan fingerprint density at radius 1 is 0.812 bits per heavy atom. The molecule has 0 aromatic heterocycles. The van der Waals surface area contributed by atoms with Gasteiger partial charge in [-0.15, -0.1) is 0 Å². The maximum absolute atomic E-state index is 13.3. The molecule has 0 heterocycles. The molecule has 0 aliphatic heterocycles. The number of allylic oxidation sites excluding steroid dienone is 6. The number of Topliss-reactive ketones (excluding diaryl/α,β-unsaturated/α-hetero) is 4. The Morgan fingerprint density at radius 2 is 1.41 bits per heavy atom. The van der Waals surface area contributed by atoms with E-state index >= 15 is 0 Å². The summed E-state index contributed by atoms with van der Waals surface area (Å²) in [6.07, 6.45) is 3.51. The summed E-state index contributed by atoms with van der Waals surface area (Å²) in [5, 5.41) is 10.2. The van der Waals surface area contributed by atoms with Crippen LogP contribution in [0.1, 0.15) is 67.3 Å². The number of benzene rings is 2. The Labute approximate surface area is 189 Å². The van der Waals surface area contributed by atoms with Crippen molar-refractivity contribution in [3.8, 4) is 0 Å². The number of carbonyl (C=O) groups is 4. The van der Waals surface area contributed by atoms with Crippen LogP contribution in [0, 0.1) is 0 Å². The highest BCUT2D eigenvalue weighted by atomic mass is 35.5. The Bertz CT molecular complexity index is 1320. The van der Waals surface area contributed by atoms with Crippen LogP contribution >= 0.6 is 11.6 Å². The van der Waals surface area contributed by atoms with Crippen LogP contribution in [-0.2, 0) is 6.42 Å². The molecule has 0 saturated carbocycles. The van der Waals surface area contributed by atoms with Crippen molar-refractivity contribution < 1.29 is 24.3 Å². The molecule has 2 aliphatic rings. The van der Waals surface area contributed by atoms with Crippen LogP contribution in [0.5, 0.6) is 0 Å². The molecule has 160 valence electrons. The van der Waals surface area contributed by atoms with Crippen molar-refractivity contribution in [1.29, 1.82) is 0 Å². The third-order valence-electron chi connectivity index (χ3n) is 5.55. The second-order valence-corrected chi connectivity index (χ2v) is 8.35. The Kier molecular flexibility index (Phi) is 5.53. The van der Waals surface area contributed by atoms with E-state index in [2.05, 4.69) is 6.08 Å². The number of halogens is 1. The fourth-order valence-electron chi connectivity index (χ4n) is 3.94. The standard InChI is InChI=1S/C26H19ClO5/c1-13(2)6-5-7-14-10-11-17-18(12-14)25(31)26(32)20(23(17)29)19-21(27)24(30)16-9-4-3-8-15(16)22(19)28/h3-4,6,8-12,32H,5,7H2,1-2H3. The molecule has 0 saturated heterocycles. The molecule has 0 unspecified atom stereocenters. The zero-order chi connectivity index (χ0) is 23.2. The number of ketones is 4. The minimum Gasteiger partial charge on any atom is -0.504 e. The first-order valence-electron chi connectivity index (χ1n) is 10.1. The van der Waals surface area contributed by atoms with E-state index < -0.39 is 45.1 Å². The molecule has 2 aromatic carbocycles. The van der Waals surface area contributed by atoms with Crippen molar-refractivity contribution in [2.24, 2.45) is 0 Å². The summed E-state index contributed by atoms with van der Waals surface area (Å²) in [6.45, 7) is 3.99. The predicted molar refractivity (Wildman–Crippen MR) is 120 cm³/mol. The minimum atomic E-state index is -0.877. The highest BCUT2D eigenvalue weighted by Crippen LogP contribution is 2.38. The largest absolute Gasteiger partial charge is 0.504 e. The highest BCUT2D eigenvalue weighted by Gasteiger charge is 2.41. The molecule has 0 radical (unpaired) electrons. The third-order valence-corrected chi connectivity index (χ3v) is 5.91. The summed E-state index contributed by atoms with van der Waals surface area (Å²) in [7, 11) is 0. The van der Waals surface area contributed by atoms with Crippen molar-refractivity contribution in [2.45, 2.75) is 26.7 Å². The van der Waals surface area contributed by atoms with E-state index in [1.807, 2.05) is 13.8 Å². The molecule has 4 rings (SSSR count). The van der Waals surface area contributed by atoms with Gasteiger partial charge in [-0.1, -0.05) is 59.6 Å². The normalized spacial score (nSPS) is 15.7. The average molecular weight is 447 g/mol. The summed E-state index contributed by atoms with van der Waals surface area (Å²) >= 11 is 6.20. The number of carbonyl (C=O) groups excluding carboxylic acids is 4. The summed E-state index contributed by atoms with van der Waals surface area (Å²) in [5.41, 5.74) is 1.36. The van der Waals surface area contributed by atoms with Crippen molar-refractivity contribution in [3.63, 3.8) is 0 Å². The number of aliphatic hydroxyl groups excluding tert-OH is 1. The van der Waals surface area contributed by atoms with Crippen molar-refractivity contribution in [1.82, 2.24) is 0 Å². The van der Waals surface area contributed by atoms with Crippen molar-refractivity contribution in [2.75, 3.05) is 0 Å². The molecule has 5 nitrogen and oxygen atoms in total. The Morgan fingerprint density at radius 3 is 2.06 bits per heavy atom. The van der Waals surface area contributed by atoms with E-state index in [0.29, 0.717) is 6.42 Å². The third kappa shape index (κ3) is 3.45. The average Bonchev–Trinajstić information content (AvgIpc) is 2.78. The van der Waals surface area contributed by atoms with Gasteiger partial charge in [-0.3, -0.25) is 19.2 Å². The van der Waals surface area contributed by atoms with Crippen LogP contribution < -0.4 is 0 Å². The summed E-state index contributed by atoms with van der Waals surface area (Å²) in [6, 6.07) is 10.9. The number of fused-ring (bicyclic) bond motifs is 2. The molecule has 0 amide bonds. The molecule has 1 N–H and O–H groups in total. The van der Waals surface area contributed by atoms with Crippen LogP contribution in [0.2, 0.25) is 0 Å². The number of hydrogen-bond donors (Lipinski definition) is 1. The lowest BCUT2D eigenvalue weighted by Gasteiger charge is -2.23. The summed E-state index contributed by atoms with van der Waals surface area (Å²) in [5.74, 6) is -3.71. The Hall–Kier alpha value is -3.57. The van der Waals surface area contributed by atoms with Gasteiger partial charge in [-0.25, -0.2) is 0 Å². The monoisotopic (exact) mass is 446 g/mol. The summed E-state index contributed by atoms with van der Waals surface area (Å²) < 4.78 is 0. The quantitative estimate of drug-likeness (QED) is 0.639. The number of hydrogen-bond acceptors (Lipinski definition) is 5. The highest BCUT2D eigenvalue weighted by molar-refractivity contribution is 6.52. The van der Waals surface area contributed by atoms with Gasteiger partial charge in [0.2, 0.25) is 11.6 Å². The van der Waals surface area contributed by atoms with E-state index in [1.54, 1.807) is 24.3 Å². The first-order valence-corrected chi connectivity index (χ1v) is 10.5. The van der Waals surface area contributed by atoms with Gasteiger partial charge in [0, 0.05) is 22.3 Å². The topological polar surface area (TPSA) is 88.5 Å². The van der Waals surface area contributed by atoms with Crippen LogP contribution in [0.3, 0.4) is 0 Å². The minimum absolute atomic E-state index is 0.0600. The van der Waals surface area contributed by atoms with Crippen LogP contribution in [0.15, 0.2) is 76.1 Å². The lowest BCUT2D eigenvalue weighted by Crippen LogP contribution is -2.29.